The first-order valence-electron chi connectivity index (χ1n) is 5.22. The van der Waals surface area contributed by atoms with Gasteiger partial charge in [-0.3, -0.25) is 4.79 Å². The van der Waals surface area contributed by atoms with Crippen LogP contribution in [0.25, 0.3) is 0 Å². The summed E-state index contributed by atoms with van der Waals surface area (Å²) in [4.78, 5) is 11.5. The minimum atomic E-state index is -0.0344. The number of amides is 1. The first-order chi connectivity index (χ1) is 7.37. The zero-order chi connectivity index (χ0) is 12.2. The third-order valence-corrected chi connectivity index (χ3v) is 2.53. The molecule has 0 aromatic carbocycles. The fourth-order valence-corrected chi connectivity index (χ4v) is 1.69. The third-order valence-electron chi connectivity index (χ3n) is 1.78. The maximum absolute atomic E-state index is 11.5. The van der Waals surface area contributed by atoms with Gasteiger partial charge in [-0.15, -0.1) is 10.2 Å². The number of aryl methyl sites for hydroxylation is 1. The van der Waals surface area contributed by atoms with Crippen LogP contribution in [-0.4, -0.2) is 28.2 Å². The molecule has 0 radical (unpaired) electrons. The summed E-state index contributed by atoms with van der Waals surface area (Å²) in [5.41, 5.74) is 0.0413. The van der Waals surface area contributed by atoms with E-state index in [4.69, 9.17) is 0 Å². The Bertz CT molecular complexity index is 356. The van der Waals surface area contributed by atoms with Gasteiger partial charge in [-0.1, -0.05) is 11.3 Å². The van der Waals surface area contributed by atoms with Crippen LogP contribution in [-0.2, 0) is 4.79 Å². The zero-order valence-corrected chi connectivity index (χ0v) is 10.9. The molecule has 1 aromatic rings. The van der Waals surface area contributed by atoms with Gasteiger partial charge in [0.05, 0.1) is 0 Å². The Labute approximate surface area is 99.7 Å². The van der Waals surface area contributed by atoms with E-state index in [2.05, 4.69) is 41.6 Å². The number of nitrogens with one attached hydrogen (secondary N) is 2. The molecule has 1 aromatic heterocycles. The normalized spacial score (nSPS) is 11.5. The predicted octanol–water partition coefficient (Wildman–Crippen LogP) is 1.56. The molecular weight excluding hydrogens is 224 g/mol. The Balaban J connectivity index is 2.26. The second-order valence-corrected chi connectivity index (χ2v) is 5.78. The molecule has 16 heavy (non-hydrogen) atoms. The highest BCUT2D eigenvalue weighted by Crippen LogP contribution is 2.13. The molecule has 0 aliphatic rings. The van der Waals surface area contributed by atoms with Crippen molar-refractivity contribution in [3.63, 3.8) is 0 Å². The standard InChI is InChI=1S/C10H18N4OS/c1-7-13-14-9(16-7)12-8(15)5-6-11-10(2,3)4/h11H,5-6H2,1-4H3,(H,12,14,15). The fourth-order valence-electron chi connectivity index (χ4n) is 1.08. The third kappa shape index (κ3) is 5.18. The van der Waals surface area contributed by atoms with Gasteiger partial charge < -0.3 is 10.6 Å². The van der Waals surface area contributed by atoms with E-state index in [-0.39, 0.29) is 11.4 Å². The number of hydrogen-bond donors (Lipinski definition) is 2. The maximum Gasteiger partial charge on any atom is 0.227 e. The molecule has 0 aliphatic carbocycles. The molecule has 0 saturated heterocycles. The molecule has 90 valence electrons. The first kappa shape index (κ1) is 13.1. The summed E-state index contributed by atoms with van der Waals surface area (Å²) in [6, 6.07) is 0. The first-order valence-corrected chi connectivity index (χ1v) is 6.03. The fraction of sp³-hybridized carbons (Fsp3) is 0.700. The summed E-state index contributed by atoms with van der Waals surface area (Å²) in [5, 5.41) is 15.0. The molecule has 0 aliphatic heterocycles. The summed E-state index contributed by atoms with van der Waals surface area (Å²) < 4.78 is 0. The molecular formula is C10H18N4OS. The van der Waals surface area contributed by atoms with Crippen LogP contribution in [0, 0.1) is 6.92 Å². The van der Waals surface area contributed by atoms with Crippen molar-refractivity contribution in [2.75, 3.05) is 11.9 Å². The van der Waals surface area contributed by atoms with Crippen LogP contribution in [0.15, 0.2) is 0 Å². The topological polar surface area (TPSA) is 66.9 Å². The molecule has 1 heterocycles. The molecule has 0 fully saturated rings. The molecule has 1 rings (SSSR count). The van der Waals surface area contributed by atoms with Crippen molar-refractivity contribution >= 4 is 22.4 Å². The quantitative estimate of drug-likeness (QED) is 0.841. The van der Waals surface area contributed by atoms with Crippen molar-refractivity contribution in [1.82, 2.24) is 15.5 Å². The van der Waals surface area contributed by atoms with Crippen LogP contribution in [0.2, 0.25) is 0 Å². The van der Waals surface area contributed by atoms with Crippen LogP contribution in [0.1, 0.15) is 32.2 Å². The minimum absolute atomic E-state index is 0.0344. The predicted molar refractivity (Wildman–Crippen MR) is 65.6 cm³/mol. The number of nitrogens with zero attached hydrogens (tertiary/aromatic N) is 2. The minimum Gasteiger partial charge on any atom is -0.312 e. The van der Waals surface area contributed by atoms with Crippen molar-refractivity contribution < 1.29 is 4.79 Å². The number of rotatable bonds is 4. The van der Waals surface area contributed by atoms with Crippen molar-refractivity contribution in [3.05, 3.63) is 5.01 Å². The van der Waals surface area contributed by atoms with E-state index in [9.17, 15) is 4.79 Å². The second kappa shape index (κ2) is 5.36. The van der Waals surface area contributed by atoms with Gasteiger partial charge in [0.15, 0.2) is 0 Å². The highest BCUT2D eigenvalue weighted by atomic mass is 32.1. The van der Waals surface area contributed by atoms with Crippen LogP contribution in [0.3, 0.4) is 0 Å². The summed E-state index contributed by atoms with van der Waals surface area (Å²) in [6.45, 7) is 8.72. The number of carbonyl (C=O) groups is 1. The molecule has 6 heteroatoms. The van der Waals surface area contributed by atoms with Crippen molar-refractivity contribution in [2.24, 2.45) is 0 Å². The van der Waals surface area contributed by atoms with Gasteiger partial charge in [0.2, 0.25) is 11.0 Å². The molecule has 0 bridgehead atoms. The van der Waals surface area contributed by atoms with Gasteiger partial charge in [0, 0.05) is 18.5 Å². The summed E-state index contributed by atoms with van der Waals surface area (Å²) in [6.07, 6.45) is 0.440. The average molecular weight is 242 g/mol. The van der Waals surface area contributed by atoms with Gasteiger partial charge in [-0.2, -0.15) is 0 Å². The highest BCUT2D eigenvalue weighted by Gasteiger charge is 2.10. The average Bonchev–Trinajstić information content (AvgIpc) is 2.48. The molecule has 2 N–H and O–H groups in total. The van der Waals surface area contributed by atoms with E-state index in [0.717, 1.165) is 5.01 Å². The molecule has 0 saturated carbocycles. The Morgan fingerprint density at radius 1 is 1.38 bits per heavy atom. The lowest BCUT2D eigenvalue weighted by Crippen LogP contribution is -2.37. The van der Waals surface area contributed by atoms with E-state index < -0.39 is 0 Å². The molecule has 1 amide bonds. The number of aromatic nitrogens is 2. The highest BCUT2D eigenvalue weighted by molar-refractivity contribution is 7.15. The molecule has 0 atom stereocenters. The zero-order valence-electron chi connectivity index (χ0n) is 10.1. The van der Waals surface area contributed by atoms with Crippen LogP contribution >= 0.6 is 11.3 Å². The van der Waals surface area contributed by atoms with Gasteiger partial charge in [-0.25, -0.2) is 0 Å². The Morgan fingerprint density at radius 2 is 2.06 bits per heavy atom. The molecule has 0 spiro atoms. The summed E-state index contributed by atoms with van der Waals surface area (Å²) in [5.74, 6) is -0.0344. The van der Waals surface area contributed by atoms with Crippen molar-refractivity contribution in [3.8, 4) is 0 Å². The van der Waals surface area contributed by atoms with E-state index in [0.29, 0.717) is 18.1 Å². The summed E-state index contributed by atoms with van der Waals surface area (Å²) in [7, 11) is 0. The summed E-state index contributed by atoms with van der Waals surface area (Å²) >= 11 is 1.38. The Hall–Kier alpha value is -1.01. The SMILES string of the molecule is Cc1nnc(NC(=O)CCNC(C)(C)C)s1. The lowest BCUT2D eigenvalue weighted by atomic mass is 10.1. The number of hydrogen-bond acceptors (Lipinski definition) is 5. The van der Waals surface area contributed by atoms with E-state index in [1.807, 2.05) is 6.92 Å². The lowest BCUT2D eigenvalue weighted by Gasteiger charge is -2.19. The Morgan fingerprint density at radius 3 is 2.56 bits per heavy atom. The maximum atomic E-state index is 11.5. The lowest BCUT2D eigenvalue weighted by molar-refractivity contribution is -0.116. The van der Waals surface area contributed by atoms with Gasteiger partial charge in [0.25, 0.3) is 0 Å². The largest absolute Gasteiger partial charge is 0.312 e. The molecule has 5 nitrogen and oxygen atoms in total. The van der Waals surface area contributed by atoms with Crippen LogP contribution < -0.4 is 10.6 Å². The van der Waals surface area contributed by atoms with Gasteiger partial charge in [-0.05, 0) is 27.7 Å². The number of carbonyl (C=O) groups excluding carboxylic acids is 1. The van der Waals surface area contributed by atoms with Gasteiger partial charge >= 0.3 is 0 Å². The van der Waals surface area contributed by atoms with Crippen molar-refractivity contribution in [1.29, 1.82) is 0 Å². The smallest absolute Gasteiger partial charge is 0.227 e. The van der Waals surface area contributed by atoms with Crippen molar-refractivity contribution in [2.45, 2.75) is 39.7 Å². The van der Waals surface area contributed by atoms with Gasteiger partial charge in [0.1, 0.15) is 5.01 Å². The monoisotopic (exact) mass is 242 g/mol. The van der Waals surface area contributed by atoms with E-state index in [1.165, 1.54) is 11.3 Å². The molecule has 0 unspecified atom stereocenters. The van der Waals surface area contributed by atoms with Crippen LogP contribution in [0.5, 0.6) is 0 Å². The second-order valence-electron chi connectivity index (χ2n) is 4.60. The Kier molecular flexibility index (Phi) is 4.37. The number of anilines is 1. The van der Waals surface area contributed by atoms with E-state index >= 15 is 0 Å². The van der Waals surface area contributed by atoms with Crippen LogP contribution in [0.4, 0.5) is 5.13 Å². The van der Waals surface area contributed by atoms with E-state index in [1.54, 1.807) is 0 Å².